The van der Waals surface area contributed by atoms with Gasteiger partial charge in [0.05, 0.1) is 0 Å². The molecule has 0 aromatic heterocycles. The largest absolute Gasteiger partial charge is 0.381 e. The second-order valence-electron chi connectivity index (χ2n) is 3.99. The Balaban J connectivity index is 1.96. The Bertz CT molecular complexity index is 575. The number of hydrogen-bond donors (Lipinski definition) is 1. The first-order valence-electron chi connectivity index (χ1n) is 5.77. The predicted octanol–water partition coefficient (Wildman–Crippen LogP) is 5.52. The molecule has 106 valence electrons. The third kappa shape index (κ3) is 4.45. The van der Waals surface area contributed by atoms with Crippen LogP contribution in [0.2, 0.25) is 0 Å². The molecule has 0 saturated heterocycles. The Morgan fingerprint density at radius 2 is 1.80 bits per heavy atom. The second-order valence-corrected chi connectivity index (χ2v) is 5.97. The van der Waals surface area contributed by atoms with Gasteiger partial charge in [-0.2, -0.15) is 8.78 Å². The van der Waals surface area contributed by atoms with Gasteiger partial charge in [-0.25, -0.2) is 4.39 Å². The van der Waals surface area contributed by atoms with E-state index in [0.717, 1.165) is 5.69 Å². The van der Waals surface area contributed by atoms with Crippen molar-refractivity contribution in [1.29, 1.82) is 0 Å². The Hall–Kier alpha value is -1.14. The number of thioether (sulfide) groups is 1. The zero-order chi connectivity index (χ0) is 14.5. The van der Waals surface area contributed by atoms with Crippen LogP contribution in [0.15, 0.2) is 51.8 Å². The molecule has 2 rings (SSSR count). The van der Waals surface area contributed by atoms with Crippen LogP contribution in [0.3, 0.4) is 0 Å². The molecule has 2 aromatic rings. The van der Waals surface area contributed by atoms with Gasteiger partial charge in [0.1, 0.15) is 5.82 Å². The van der Waals surface area contributed by atoms with Crippen molar-refractivity contribution < 1.29 is 13.2 Å². The summed E-state index contributed by atoms with van der Waals surface area (Å²) < 4.78 is 38.6. The zero-order valence-electron chi connectivity index (χ0n) is 10.2. The minimum absolute atomic E-state index is 0.295. The summed E-state index contributed by atoms with van der Waals surface area (Å²) in [7, 11) is 0. The molecule has 0 saturated carbocycles. The summed E-state index contributed by atoms with van der Waals surface area (Å²) in [5.74, 6) is -2.72. The summed E-state index contributed by atoms with van der Waals surface area (Å²) in [5.41, 5.74) is 1.30. The molecule has 0 aliphatic heterocycles. The highest BCUT2D eigenvalue weighted by Gasteiger charge is 2.05. The van der Waals surface area contributed by atoms with Crippen molar-refractivity contribution in [2.45, 2.75) is 17.2 Å². The zero-order valence-corrected chi connectivity index (χ0v) is 12.6. The summed E-state index contributed by atoms with van der Waals surface area (Å²) in [6.45, 7) is 0.334. The molecule has 2 aromatic carbocycles. The van der Waals surface area contributed by atoms with E-state index in [1.165, 1.54) is 6.07 Å². The molecule has 6 heteroatoms. The third-order valence-electron chi connectivity index (χ3n) is 2.58. The highest BCUT2D eigenvalue weighted by molar-refractivity contribution is 9.10. The molecule has 0 aliphatic carbocycles. The van der Waals surface area contributed by atoms with Crippen LogP contribution in [0, 0.1) is 5.82 Å². The fraction of sp³-hybridized carbons (Fsp3) is 0.143. The molecule has 0 atom stereocenters. The lowest BCUT2D eigenvalue weighted by Gasteiger charge is -2.08. The Labute approximate surface area is 127 Å². The van der Waals surface area contributed by atoms with Gasteiger partial charge in [0.2, 0.25) is 0 Å². The van der Waals surface area contributed by atoms with Gasteiger partial charge in [0, 0.05) is 27.2 Å². The highest BCUT2D eigenvalue weighted by Crippen LogP contribution is 2.26. The van der Waals surface area contributed by atoms with Gasteiger partial charge in [-0.3, -0.25) is 0 Å². The average Bonchev–Trinajstić information content (AvgIpc) is 2.39. The van der Waals surface area contributed by atoms with Gasteiger partial charge in [-0.05, 0) is 36.4 Å². The van der Waals surface area contributed by atoms with E-state index in [4.69, 9.17) is 0 Å². The van der Waals surface area contributed by atoms with Crippen LogP contribution in [0.4, 0.5) is 18.9 Å². The Morgan fingerprint density at radius 3 is 2.40 bits per heavy atom. The lowest BCUT2D eigenvalue weighted by Crippen LogP contribution is -2.01. The summed E-state index contributed by atoms with van der Waals surface area (Å²) in [5, 5.41) is 3.05. The van der Waals surface area contributed by atoms with E-state index in [0.29, 0.717) is 33.2 Å². The van der Waals surface area contributed by atoms with Crippen molar-refractivity contribution in [3.63, 3.8) is 0 Å². The number of hydrogen-bond acceptors (Lipinski definition) is 2. The molecule has 20 heavy (non-hydrogen) atoms. The van der Waals surface area contributed by atoms with Gasteiger partial charge in [0.25, 0.3) is 5.76 Å². The van der Waals surface area contributed by atoms with Crippen LogP contribution >= 0.6 is 27.7 Å². The van der Waals surface area contributed by atoms with Crippen molar-refractivity contribution in [2.75, 3.05) is 5.32 Å². The van der Waals surface area contributed by atoms with Crippen molar-refractivity contribution in [3.8, 4) is 0 Å². The van der Waals surface area contributed by atoms with E-state index in [1.807, 2.05) is 0 Å². The van der Waals surface area contributed by atoms with Gasteiger partial charge in [-0.15, -0.1) is 0 Å². The van der Waals surface area contributed by atoms with Crippen LogP contribution in [-0.4, -0.2) is 5.76 Å². The van der Waals surface area contributed by atoms with Gasteiger partial charge < -0.3 is 5.32 Å². The first-order valence-corrected chi connectivity index (χ1v) is 7.44. The molecule has 0 fully saturated rings. The standard InChI is InChI=1S/C14H11BrF3NS/c15-10-2-1-9(13(16)7-10)8-19-11-3-5-12(6-4-11)20-14(17)18/h1-7,14,19H,8H2. The summed E-state index contributed by atoms with van der Waals surface area (Å²) in [6, 6.07) is 11.5. The predicted molar refractivity (Wildman–Crippen MR) is 79.7 cm³/mol. The van der Waals surface area contributed by atoms with Gasteiger partial charge in [-0.1, -0.05) is 33.8 Å². The molecule has 1 nitrogen and oxygen atoms in total. The van der Waals surface area contributed by atoms with Crippen LogP contribution < -0.4 is 5.32 Å². The molecular weight excluding hydrogens is 351 g/mol. The van der Waals surface area contributed by atoms with Gasteiger partial charge in [0.15, 0.2) is 0 Å². The molecule has 0 unspecified atom stereocenters. The normalized spacial score (nSPS) is 10.8. The maximum atomic E-state index is 13.6. The molecule has 1 N–H and O–H groups in total. The third-order valence-corrected chi connectivity index (χ3v) is 3.79. The Kier molecular flexibility index (Phi) is 5.37. The van der Waals surface area contributed by atoms with E-state index < -0.39 is 5.76 Å². The molecular formula is C14H11BrF3NS. The van der Waals surface area contributed by atoms with Crippen molar-refractivity contribution >= 4 is 33.4 Å². The first-order chi connectivity index (χ1) is 9.54. The van der Waals surface area contributed by atoms with Crippen LogP contribution in [0.5, 0.6) is 0 Å². The van der Waals surface area contributed by atoms with E-state index >= 15 is 0 Å². The fourth-order valence-corrected chi connectivity index (χ4v) is 2.45. The molecule has 0 heterocycles. The maximum absolute atomic E-state index is 13.6. The number of nitrogens with one attached hydrogen (secondary N) is 1. The molecule has 0 bridgehead atoms. The molecule has 0 radical (unpaired) electrons. The summed E-state index contributed by atoms with van der Waals surface area (Å²) in [4.78, 5) is 0.500. The van der Waals surface area contributed by atoms with Crippen LogP contribution in [0.25, 0.3) is 0 Å². The SMILES string of the molecule is Fc1cc(Br)ccc1CNc1ccc(SC(F)F)cc1. The number of benzene rings is 2. The van der Waals surface area contributed by atoms with E-state index in [-0.39, 0.29) is 5.82 Å². The number of rotatable bonds is 5. The first kappa shape index (κ1) is 15.3. The van der Waals surface area contributed by atoms with Crippen molar-refractivity contribution in [1.82, 2.24) is 0 Å². The second kappa shape index (κ2) is 7.04. The number of halogens is 4. The van der Waals surface area contributed by atoms with E-state index in [9.17, 15) is 13.2 Å². The minimum Gasteiger partial charge on any atom is -0.381 e. The Morgan fingerprint density at radius 1 is 1.10 bits per heavy atom. The minimum atomic E-state index is -2.43. The highest BCUT2D eigenvalue weighted by atomic mass is 79.9. The lowest BCUT2D eigenvalue weighted by atomic mass is 10.2. The maximum Gasteiger partial charge on any atom is 0.288 e. The average molecular weight is 362 g/mol. The number of anilines is 1. The summed E-state index contributed by atoms with van der Waals surface area (Å²) in [6.07, 6.45) is 0. The lowest BCUT2D eigenvalue weighted by molar-refractivity contribution is 0.252. The molecule has 0 amide bonds. The van der Waals surface area contributed by atoms with E-state index in [1.54, 1.807) is 36.4 Å². The van der Waals surface area contributed by atoms with Crippen LogP contribution in [-0.2, 0) is 6.54 Å². The number of alkyl halides is 2. The summed E-state index contributed by atoms with van der Waals surface area (Å²) >= 11 is 3.70. The van der Waals surface area contributed by atoms with Gasteiger partial charge >= 0.3 is 0 Å². The monoisotopic (exact) mass is 361 g/mol. The molecule has 0 spiro atoms. The quantitative estimate of drug-likeness (QED) is 0.704. The van der Waals surface area contributed by atoms with Crippen LogP contribution in [0.1, 0.15) is 5.56 Å². The van der Waals surface area contributed by atoms with E-state index in [2.05, 4.69) is 21.2 Å². The molecule has 0 aliphatic rings. The fourth-order valence-electron chi connectivity index (χ4n) is 1.62. The van der Waals surface area contributed by atoms with Crippen molar-refractivity contribution in [3.05, 3.63) is 58.3 Å². The topological polar surface area (TPSA) is 12.0 Å². The van der Waals surface area contributed by atoms with Crippen molar-refractivity contribution in [2.24, 2.45) is 0 Å². The smallest absolute Gasteiger partial charge is 0.288 e.